The number of anilines is 3. The lowest BCUT2D eigenvalue weighted by molar-refractivity contribution is 0.571. The molecule has 0 aromatic heterocycles. The van der Waals surface area contributed by atoms with Crippen LogP contribution in [0.25, 0.3) is 11.1 Å². The molecule has 0 saturated heterocycles. The Hall–Kier alpha value is -3.32. The van der Waals surface area contributed by atoms with Crippen molar-refractivity contribution in [3.63, 3.8) is 0 Å². The second-order valence-electron chi connectivity index (χ2n) is 9.44. The number of hydrogen-bond acceptors (Lipinski definition) is 1. The summed E-state index contributed by atoms with van der Waals surface area (Å²) in [4.78, 5) is 2.42. The highest BCUT2D eigenvalue weighted by Gasteiger charge is 2.31. The van der Waals surface area contributed by atoms with Gasteiger partial charge in [0.15, 0.2) is 0 Å². The molecule has 1 atom stereocenters. The number of para-hydroxylation sites is 2. The van der Waals surface area contributed by atoms with Crippen LogP contribution in [0.3, 0.4) is 0 Å². The average molecular weight is 446 g/mol. The normalized spacial score (nSPS) is 14.0. The molecule has 0 heterocycles. The monoisotopic (exact) mass is 445 g/mol. The van der Waals surface area contributed by atoms with Gasteiger partial charge in [-0.15, -0.1) is 0 Å². The van der Waals surface area contributed by atoms with E-state index in [0.29, 0.717) is 5.92 Å². The molecule has 34 heavy (non-hydrogen) atoms. The first-order valence-electron chi connectivity index (χ1n) is 13.0. The molecule has 0 aliphatic heterocycles. The fraction of sp³-hybridized carbons (Fsp3) is 0.273. The Morgan fingerprint density at radius 2 is 1.15 bits per heavy atom. The smallest absolute Gasteiger partial charge is 0.0543 e. The highest BCUT2D eigenvalue weighted by atomic mass is 15.1. The Labute approximate surface area is 205 Å². The molecule has 5 rings (SSSR count). The molecular formula is C33H35N. The molecule has 0 bridgehead atoms. The SMILES string of the molecule is CCCCCCCCC1c2ccccc2-c2c1cccc2N(c1ccccc1)c1ccccc1. The molecule has 1 unspecified atom stereocenters. The van der Waals surface area contributed by atoms with E-state index in [0.717, 1.165) is 0 Å². The summed E-state index contributed by atoms with van der Waals surface area (Å²) in [6.45, 7) is 2.29. The zero-order valence-corrected chi connectivity index (χ0v) is 20.3. The first kappa shape index (κ1) is 22.5. The highest BCUT2D eigenvalue weighted by molar-refractivity contribution is 5.94. The fourth-order valence-electron chi connectivity index (χ4n) is 5.54. The van der Waals surface area contributed by atoms with Crippen molar-refractivity contribution >= 4 is 17.1 Å². The molecule has 0 saturated carbocycles. The van der Waals surface area contributed by atoms with Crippen LogP contribution >= 0.6 is 0 Å². The third-order valence-corrected chi connectivity index (χ3v) is 7.17. The van der Waals surface area contributed by atoms with E-state index in [2.05, 4.69) is 115 Å². The van der Waals surface area contributed by atoms with Gasteiger partial charge in [0, 0.05) is 22.9 Å². The minimum Gasteiger partial charge on any atom is -0.310 e. The van der Waals surface area contributed by atoms with Gasteiger partial charge in [0.1, 0.15) is 0 Å². The van der Waals surface area contributed by atoms with Crippen LogP contribution in [-0.2, 0) is 0 Å². The lowest BCUT2D eigenvalue weighted by Gasteiger charge is -2.28. The van der Waals surface area contributed by atoms with Gasteiger partial charge in [0.2, 0.25) is 0 Å². The predicted octanol–water partition coefficient (Wildman–Crippen LogP) is 10.0. The molecule has 0 amide bonds. The van der Waals surface area contributed by atoms with E-state index in [4.69, 9.17) is 0 Å². The number of rotatable bonds is 10. The standard InChI is InChI=1S/C33H35N/c1-2-3-4-5-6-13-21-28-29-22-14-15-23-30(29)33-31(28)24-16-25-32(33)34(26-17-9-7-10-18-26)27-19-11-8-12-20-27/h7-12,14-20,22-25,28H,2-6,13,21H2,1H3. The Balaban J connectivity index is 1.55. The number of hydrogen-bond donors (Lipinski definition) is 0. The topological polar surface area (TPSA) is 3.24 Å². The van der Waals surface area contributed by atoms with Gasteiger partial charge in [-0.1, -0.05) is 118 Å². The Bertz CT molecular complexity index is 1160. The summed E-state index contributed by atoms with van der Waals surface area (Å²) in [7, 11) is 0. The maximum atomic E-state index is 2.42. The summed E-state index contributed by atoms with van der Waals surface area (Å²) >= 11 is 0. The van der Waals surface area contributed by atoms with E-state index in [9.17, 15) is 0 Å². The largest absolute Gasteiger partial charge is 0.310 e. The summed E-state index contributed by atoms with van der Waals surface area (Å²) < 4.78 is 0. The second-order valence-corrected chi connectivity index (χ2v) is 9.44. The van der Waals surface area contributed by atoms with Gasteiger partial charge in [-0.3, -0.25) is 0 Å². The Morgan fingerprint density at radius 1 is 0.559 bits per heavy atom. The third kappa shape index (κ3) is 4.53. The minimum atomic E-state index is 0.491. The van der Waals surface area contributed by atoms with Crippen LogP contribution in [0.1, 0.15) is 68.9 Å². The van der Waals surface area contributed by atoms with Crippen LogP contribution in [0.5, 0.6) is 0 Å². The molecule has 1 nitrogen and oxygen atoms in total. The summed E-state index contributed by atoms with van der Waals surface area (Å²) in [6.07, 6.45) is 9.29. The van der Waals surface area contributed by atoms with Crippen LogP contribution in [-0.4, -0.2) is 0 Å². The minimum absolute atomic E-state index is 0.491. The Kier molecular flexibility index (Phi) is 7.10. The predicted molar refractivity (Wildman–Crippen MR) is 146 cm³/mol. The van der Waals surface area contributed by atoms with Crippen molar-refractivity contribution in [3.8, 4) is 11.1 Å². The summed E-state index contributed by atoms with van der Waals surface area (Å²) in [5.41, 5.74) is 9.46. The first-order chi connectivity index (χ1) is 16.9. The van der Waals surface area contributed by atoms with Gasteiger partial charge < -0.3 is 4.90 Å². The third-order valence-electron chi connectivity index (χ3n) is 7.17. The van der Waals surface area contributed by atoms with E-state index in [1.54, 1.807) is 0 Å². The van der Waals surface area contributed by atoms with Crippen LogP contribution in [0.15, 0.2) is 103 Å². The number of benzene rings is 4. The van der Waals surface area contributed by atoms with E-state index >= 15 is 0 Å². The molecule has 0 fully saturated rings. The van der Waals surface area contributed by atoms with Crippen LogP contribution < -0.4 is 4.90 Å². The molecule has 0 radical (unpaired) electrons. The molecule has 4 aromatic carbocycles. The molecule has 0 spiro atoms. The van der Waals surface area contributed by atoms with Gasteiger partial charge >= 0.3 is 0 Å². The van der Waals surface area contributed by atoms with Crippen LogP contribution in [0.4, 0.5) is 17.1 Å². The van der Waals surface area contributed by atoms with Gasteiger partial charge in [-0.25, -0.2) is 0 Å². The van der Waals surface area contributed by atoms with Crippen molar-refractivity contribution in [1.82, 2.24) is 0 Å². The molecule has 1 heteroatoms. The maximum absolute atomic E-state index is 2.42. The fourth-order valence-corrected chi connectivity index (χ4v) is 5.54. The Morgan fingerprint density at radius 3 is 1.85 bits per heavy atom. The van der Waals surface area contributed by atoms with Crippen molar-refractivity contribution in [3.05, 3.63) is 114 Å². The van der Waals surface area contributed by atoms with Crippen molar-refractivity contribution < 1.29 is 0 Å². The zero-order chi connectivity index (χ0) is 23.2. The number of fused-ring (bicyclic) bond motifs is 3. The first-order valence-corrected chi connectivity index (χ1v) is 13.0. The molecule has 1 aliphatic carbocycles. The average Bonchev–Trinajstić information content (AvgIpc) is 3.22. The zero-order valence-electron chi connectivity index (χ0n) is 20.3. The van der Waals surface area contributed by atoms with Crippen molar-refractivity contribution in [1.29, 1.82) is 0 Å². The molecule has 0 N–H and O–H groups in total. The summed E-state index contributed by atoms with van der Waals surface area (Å²) in [5, 5.41) is 0. The molecule has 1 aliphatic rings. The number of unbranched alkanes of at least 4 members (excludes halogenated alkanes) is 5. The van der Waals surface area contributed by atoms with Crippen LogP contribution in [0.2, 0.25) is 0 Å². The van der Waals surface area contributed by atoms with Crippen molar-refractivity contribution in [2.75, 3.05) is 4.90 Å². The van der Waals surface area contributed by atoms with Gasteiger partial charge in [-0.05, 0) is 53.4 Å². The van der Waals surface area contributed by atoms with E-state index in [1.807, 2.05) is 0 Å². The highest BCUT2D eigenvalue weighted by Crippen LogP contribution is 2.52. The second kappa shape index (κ2) is 10.7. The van der Waals surface area contributed by atoms with Crippen molar-refractivity contribution in [2.45, 2.75) is 57.8 Å². The van der Waals surface area contributed by atoms with E-state index < -0.39 is 0 Å². The number of nitrogens with zero attached hydrogens (tertiary/aromatic N) is 1. The maximum Gasteiger partial charge on any atom is 0.0543 e. The van der Waals surface area contributed by atoms with Crippen molar-refractivity contribution in [2.24, 2.45) is 0 Å². The summed E-state index contributed by atoms with van der Waals surface area (Å²) in [6, 6.07) is 37.5. The molecule has 4 aromatic rings. The van der Waals surface area contributed by atoms with Gasteiger partial charge in [0.05, 0.1) is 5.69 Å². The lowest BCUT2D eigenvalue weighted by atomic mass is 9.91. The molecule has 172 valence electrons. The quantitative estimate of drug-likeness (QED) is 0.219. The van der Waals surface area contributed by atoms with Gasteiger partial charge in [-0.2, -0.15) is 0 Å². The van der Waals surface area contributed by atoms with E-state index in [-0.39, 0.29) is 0 Å². The van der Waals surface area contributed by atoms with E-state index in [1.165, 1.54) is 84.3 Å². The van der Waals surface area contributed by atoms with Crippen LogP contribution in [0, 0.1) is 0 Å². The van der Waals surface area contributed by atoms with Gasteiger partial charge in [0.25, 0.3) is 0 Å². The molecular weight excluding hydrogens is 410 g/mol. The summed E-state index contributed by atoms with van der Waals surface area (Å²) in [5.74, 6) is 0.491. The lowest BCUT2D eigenvalue weighted by Crippen LogP contribution is -2.11.